The first-order chi connectivity index (χ1) is 11.4. The van der Waals surface area contributed by atoms with E-state index in [0.29, 0.717) is 17.1 Å². The average molecular weight is 365 g/mol. The lowest BCUT2D eigenvalue weighted by Gasteiger charge is -2.27. The third kappa shape index (κ3) is 3.79. The van der Waals surface area contributed by atoms with Crippen LogP contribution in [0.3, 0.4) is 0 Å². The number of carboxylic acid groups (broad SMARTS) is 1. The van der Waals surface area contributed by atoms with Gasteiger partial charge in [-0.3, -0.25) is 9.69 Å². The molecule has 0 radical (unpaired) electrons. The van der Waals surface area contributed by atoms with Gasteiger partial charge in [0.05, 0.1) is 12.0 Å². The van der Waals surface area contributed by atoms with Crippen LogP contribution in [0.5, 0.6) is 5.75 Å². The Morgan fingerprint density at radius 3 is 2.79 bits per heavy atom. The monoisotopic (exact) mass is 365 g/mol. The van der Waals surface area contributed by atoms with Gasteiger partial charge >= 0.3 is 5.97 Å². The van der Waals surface area contributed by atoms with Gasteiger partial charge in [-0.25, -0.2) is 4.79 Å². The van der Waals surface area contributed by atoms with E-state index in [9.17, 15) is 14.7 Å². The Balaban J connectivity index is 2.33. The van der Waals surface area contributed by atoms with Crippen LogP contribution in [0.25, 0.3) is 6.08 Å². The van der Waals surface area contributed by atoms with Gasteiger partial charge in [0, 0.05) is 0 Å². The van der Waals surface area contributed by atoms with Crippen LogP contribution in [-0.4, -0.2) is 39.4 Å². The summed E-state index contributed by atoms with van der Waals surface area (Å²) in [6.45, 7) is 3.70. The van der Waals surface area contributed by atoms with Gasteiger partial charge in [0.15, 0.2) is 0 Å². The molecule has 24 heavy (non-hydrogen) atoms. The number of hydrogen-bond donors (Lipinski definition) is 1. The second-order valence-corrected chi connectivity index (χ2v) is 7.17. The van der Waals surface area contributed by atoms with E-state index in [0.717, 1.165) is 17.3 Å². The average Bonchev–Trinajstić information content (AvgIpc) is 2.82. The largest absolute Gasteiger partial charge is 0.497 e. The standard InChI is InChI=1S/C17H19NO4S2/c1-4-10(2)14(16(20)21)18-15(19)13(24-17(18)23)9-11-6-5-7-12(8-11)22-3/h5-10,14H,4H2,1-3H3,(H,20,21)/b13-9-/t10-,14+/m0/s1. The number of amides is 1. The van der Waals surface area contributed by atoms with E-state index in [1.807, 2.05) is 32.0 Å². The van der Waals surface area contributed by atoms with Crippen LogP contribution in [0.15, 0.2) is 29.2 Å². The normalized spacial score (nSPS) is 18.8. The number of rotatable bonds is 6. The quantitative estimate of drug-likeness (QED) is 0.616. The summed E-state index contributed by atoms with van der Waals surface area (Å²) in [4.78, 5) is 26.0. The molecule has 0 aromatic heterocycles. The lowest BCUT2D eigenvalue weighted by molar-refractivity contribution is -0.147. The Labute approximate surface area is 150 Å². The fraction of sp³-hybridized carbons (Fsp3) is 0.353. The SMILES string of the molecule is CC[C@H](C)[C@H](C(=O)O)N1C(=O)/C(=C/c2cccc(OC)c2)SC1=S. The first-order valence-corrected chi connectivity index (χ1v) is 8.75. The summed E-state index contributed by atoms with van der Waals surface area (Å²) in [6, 6.07) is 6.34. The van der Waals surface area contributed by atoms with Crippen LogP contribution in [0.2, 0.25) is 0 Å². The zero-order valence-corrected chi connectivity index (χ0v) is 15.3. The summed E-state index contributed by atoms with van der Waals surface area (Å²) in [6.07, 6.45) is 2.35. The highest BCUT2D eigenvalue weighted by Gasteiger charge is 2.42. The summed E-state index contributed by atoms with van der Waals surface area (Å²) in [7, 11) is 1.57. The third-order valence-electron chi connectivity index (χ3n) is 3.93. The molecule has 1 heterocycles. The zero-order valence-electron chi connectivity index (χ0n) is 13.7. The van der Waals surface area contributed by atoms with Crippen molar-refractivity contribution in [1.82, 2.24) is 4.90 Å². The van der Waals surface area contributed by atoms with Crippen LogP contribution in [0, 0.1) is 5.92 Å². The van der Waals surface area contributed by atoms with Gasteiger partial charge in [-0.1, -0.05) is 56.4 Å². The van der Waals surface area contributed by atoms with Crippen molar-refractivity contribution < 1.29 is 19.4 Å². The van der Waals surface area contributed by atoms with E-state index in [1.165, 1.54) is 4.90 Å². The number of methoxy groups -OCH3 is 1. The van der Waals surface area contributed by atoms with Crippen LogP contribution in [0.4, 0.5) is 0 Å². The molecule has 1 aromatic carbocycles. The molecule has 7 heteroatoms. The van der Waals surface area contributed by atoms with Gasteiger partial charge in [-0.15, -0.1) is 0 Å². The number of hydrogen-bond acceptors (Lipinski definition) is 5. The maximum absolute atomic E-state index is 12.7. The molecular weight excluding hydrogens is 346 g/mol. The molecule has 5 nitrogen and oxygen atoms in total. The van der Waals surface area contributed by atoms with Crippen LogP contribution in [0.1, 0.15) is 25.8 Å². The molecule has 2 rings (SSSR count). The van der Waals surface area contributed by atoms with Gasteiger partial charge in [-0.05, 0) is 29.7 Å². The van der Waals surface area contributed by atoms with Gasteiger partial charge in [0.25, 0.3) is 5.91 Å². The number of carbonyl (C=O) groups is 2. The number of thiocarbonyl (C=S) groups is 1. The Morgan fingerprint density at radius 1 is 1.50 bits per heavy atom. The fourth-order valence-corrected chi connectivity index (χ4v) is 3.76. The Kier molecular flexibility index (Phi) is 6.01. The third-order valence-corrected chi connectivity index (χ3v) is 5.26. The van der Waals surface area contributed by atoms with Crippen molar-refractivity contribution in [3.63, 3.8) is 0 Å². The number of benzene rings is 1. The number of thioether (sulfide) groups is 1. The minimum absolute atomic E-state index is 0.193. The van der Waals surface area contributed by atoms with Crippen LogP contribution in [-0.2, 0) is 9.59 Å². The Bertz CT molecular complexity index is 702. The molecular formula is C17H19NO4S2. The first kappa shape index (κ1) is 18.5. The zero-order chi connectivity index (χ0) is 17.9. The Morgan fingerprint density at radius 2 is 2.21 bits per heavy atom. The van der Waals surface area contributed by atoms with Gasteiger partial charge in [0.1, 0.15) is 16.1 Å². The molecule has 1 aliphatic heterocycles. The molecule has 0 aliphatic carbocycles. The van der Waals surface area contributed by atoms with Crippen LogP contribution < -0.4 is 4.74 Å². The maximum atomic E-state index is 12.7. The van der Waals surface area contributed by atoms with Gasteiger partial charge in [0.2, 0.25) is 0 Å². The molecule has 0 spiro atoms. The molecule has 0 bridgehead atoms. The second kappa shape index (κ2) is 7.81. The predicted molar refractivity (Wildman–Crippen MR) is 98.9 cm³/mol. The molecule has 1 saturated heterocycles. The Hall–Kier alpha value is -1.86. The van der Waals surface area contributed by atoms with Crippen molar-refractivity contribution in [2.24, 2.45) is 5.92 Å². The topological polar surface area (TPSA) is 66.8 Å². The van der Waals surface area contributed by atoms with Crippen molar-refractivity contribution >= 4 is 46.3 Å². The molecule has 1 amide bonds. The molecule has 1 fully saturated rings. The van der Waals surface area contributed by atoms with E-state index >= 15 is 0 Å². The van der Waals surface area contributed by atoms with E-state index in [2.05, 4.69) is 0 Å². The van der Waals surface area contributed by atoms with E-state index in [-0.39, 0.29) is 16.1 Å². The van der Waals surface area contributed by atoms with Crippen molar-refractivity contribution in [3.05, 3.63) is 34.7 Å². The number of aliphatic carboxylic acids is 1. The molecule has 0 unspecified atom stereocenters. The molecule has 128 valence electrons. The lowest BCUT2D eigenvalue weighted by atomic mass is 9.98. The number of carboxylic acids is 1. The van der Waals surface area contributed by atoms with E-state index in [4.69, 9.17) is 17.0 Å². The lowest BCUT2D eigenvalue weighted by Crippen LogP contribution is -2.47. The summed E-state index contributed by atoms with van der Waals surface area (Å²) < 4.78 is 5.45. The minimum Gasteiger partial charge on any atom is -0.497 e. The maximum Gasteiger partial charge on any atom is 0.327 e. The number of ether oxygens (including phenoxy) is 1. The summed E-state index contributed by atoms with van der Waals surface area (Å²) in [5.41, 5.74) is 0.797. The molecule has 1 aromatic rings. The van der Waals surface area contributed by atoms with Crippen molar-refractivity contribution in [1.29, 1.82) is 0 Å². The number of carbonyl (C=O) groups excluding carboxylic acids is 1. The summed E-state index contributed by atoms with van der Waals surface area (Å²) in [5, 5.41) is 9.52. The van der Waals surface area contributed by atoms with Crippen LogP contribution >= 0.6 is 24.0 Å². The number of nitrogens with zero attached hydrogens (tertiary/aromatic N) is 1. The van der Waals surface area contributed by atoms with Crippen molar-refractivity contribution in [2.75, 3.05) is 7.11 Å². The van der Waals surface area contributed by atoms with E-state index in [1.54, 1.807) is 19.3 Å². The van der Waals surface area contributed by atoms with Gasteiger partial charge < -0.3 is 9.84 Å². The van der Waals surface area contributed by atoms with E-state index < -0.39 is 12.0 Å². The fourth-order valence-electron chi connectivity index (χ4n) is 2.43. The van der Waals surface area contributed by atoms with Crippen molar-refractivity contribution in [3.8, 4) is 5.75 Å². The summed E-state index contributed by atoms with van der Waals surface area (Å²) >= 11 is 6.39. The smallest absolute Gasteiger partial charge is 0.327 e. The molecule has 1 N–H and O–H groups in total. The highest BCUT2D eigenvalue weighted by atomic mass is 32.2. The second-order valence-electron chi connectivity index (χ2n) is 5.50. The highest BCUT2D eigenvalue weighted by Crippen LogP contribution is 2.36. The molecule has 1 aliphatic rings. The van der Waals surface area contributed by atoms with Crippen molar-refractivity contribution in [2.45, 2.75) is 26.3 Å². The van der Waals surface area contributed by atoms with Gasteiger partial charge in [-0.2, -0.15) is 0 Å². The minimum atomic E-state index is -1.04. The summed E-state index contributed by atoms with van der Waals surface area (Å²) in [5.74, 6) is -0.910. The first-order valence-electron chi connectivity index (χ1n) is 7.53. The molecule has 2 atom stereocenters. The highest BCUT2D eigenvalue weighted by molar-refractivity contribution is 8.26. The molecule has 0 saturated carbocycles. The predicted octanol–water partition coefficient (Wildman–Crippen LogP) is 3.40.